The molecule has 0 unspecified atom stereocenters. The number of thiazole rings is 1. The lowest BCUT2D eigenvalue weighted by Crippen LogP contribution is -2.48. The van der Waals surface area contributed by atoms with E-state index in [1.165, 1.54) is 4.70 Å². The molecule has 0 N–H and O–H groups in total. The predicted molar refractivity (Wildman–Crippen MR) is 124 cm³/mol. The number of benzene rings is 1. The van der Waals surface area contributed by atoms with Gasteiger partial charge in [0.25, 0.3) is 0 Å². The van der Waals surface area contributed by atoms with Gasteiger partial charge in [-0.1, -0.05) is 31.9 Å². The number of amides is 5. The molecule has 33 heavy (non-hydrogen) atoms. The van der Waals surface area contributed by atoms with Crippen molar-refractivity contribution in [1.29, 1.82) is 0 Å². The minimum atomic E-state index is -0.879. The number of likely N-dealkylation sites (tertiary alicyclic amines) is 1. The summed E-state index contributed by atoms with van der Waals surface area (Å²) >= 11 is 1.70. The molecule has 5 amide bonds. The standard InChI is InChI=1S/C24H28N4O4S/c1-15-6-2-4-8-18(15)28-23(31)22(30)27(24(28)32)14-20(29)26-12-10-16(11-13-26)21-25-17-7-3-5-9-19(17)33-21/h3,5,7,9,15-16,18H,2,4,6,8,10-14H2,1H3/t15-,18-/m1/s1. The maximum Gasteiger partial charge on any atom is 0.334 e. The van der Waals surface area contributed by atoms with Crippen LogP contribution in [0, 0.1) is 5.92 Å². The topological polar surface area (TPSA) is 90.9 Å². The van der Waals surface area contributed by atoms with Crippen LogP contribution in [0.5, 0.6) is 0 Å². The first-order valence-corrected chi connectivity index (χ1v) is 12.6. The zero-order valence-corrected chi connectivity index (χ0v) is 19.6. The van der Waals surface area contributed by atoms with Crippen LogP contribution in [0.4, 0.5) is 4.79 Å². The number of para-hydroxylation sites is 1. The van der Waals surface area contributed by atoms with Crippen molar-refractivity contribution in [2.24, 2.45) is 5.92 Å². The second-order valence-electron chi connectivity index (χ2n) is 9.35. The molecule has 2 aromatic rings. The molecule has 1 aromatic carbocycles. The number of nitrogens with zero attached hydrogens (tertiary/aromatic N) is 4. The Hall–Kier alpha value is -2.81. The van der Waals surface area contributed by atoms with E-state index < -0.39 is 17.8 Å². The third-order valence-electron chi connectivity index (χ3n) is 7.28. The molecule has 9 heteroatoms. The summed E-state index contributed by atoms with van der Waals surface area (Å²) in [5.74, 6) is -1.50. The van der Waals surface area contributed by atoms with Gasteiger partial charge >= 0.3 is 17.8 Å². The van der Waals surface area contributed by atoms with Gasteiger partial charge in [0.2, 0.25) is 5.91 Å². The van der Waals surface area contributed by atoms with Gasteiger partial charge in [0, 0.05) is 25.0 Å². The van der Waals surface area contributed by atoms with Gasteiger partial charge in [0.05, 0.1) is 15.2 Å². The van der Waals surface area contributed by atoms with Crippen LogP contribution in [0.1, 0.15) is 56.4 Å². The lowest BCUT2D eigenvalue weighted by molar-refractivity contribution is -0.146. The van der Waals surface area contributed by atoms with Crippen molar-refractivity contribution in [3.63, 3.8) is 0 Å². The summed E-state index contributed by atoms with van der Waals surface area (Å²) in [4.78, 5) is 59.4. The van der Waals surface area contributed by atoms with Gasteiger partial charge in [-0.05, 0) is 43.7 Å². The molecule has 3 aliphatic rings. The SMILES string of the molecule is C[C@@H]1CCCC[C@H]1N1C(=O)C(=O)N(CC(=O)N2CCC(c3nc4ccccc4s3)CC2)C1=O. The molecular formula is C24H28N4O4S. The Morgan fingerprint density at radius 1 is 1.03 bits per heavy atom. The average molecular weight is 469 g/mol. The van der Waals surface area contributed by atoms with Gasteiger partial charge in [0.1, 0.15) is 6.54 Å². The van der Waals surface area contributed by atoms with Crippen LogP contribution >= 0.6 is 11.3 Å². The lowest BCUT2D eigenvalue weighted by Gasteiger charge is -2.34. The fourth-order valence-corrected chi connectivity index (χ4v) is 6.45. The normalized spacial score (nSPS) is 24.9. The van der Waals surface area contributed by atoms with Crippen molar-refractivity contribution in [3.8, 4) is 0 Å². The smallest absolute Gasteiger partial charge is 0.334 e. The van der Waals surface area contributed by atoms with Crippen LogP contribution in [0.25, 0.3) is 10.2 Å². The fraction of sp³-hybridized carbons (Fsp3) is 0.542. The van der Waals surface area contributed by atoms with Crippen LogP contribution < -0.4 is 0 Å². The Morgan fingerprint density at radius 2 is 1.76 bits per heavy atom. The van der Waals surface area contributed by atoms with Crippen molar-refractivity contribution in [3.05, 3.63) is 29.3 Å². The van der Waals surface area contributed by atoms with Crippen LogP contribution in [-0.4, -0.2) is 69.1 Å². The summed E-state index contributed by atoms with van der Waals surface area (Å²) in [5, 5.41) is 1.09. The first-order valence-electron chi connectivity index (χ1n) is 11.8. The Balaban J connectivity index is 1.20. The van der Waals surface area contributed by atoms with Crippen molar-refractivity contribution in [1.82, 2.24) is 19.7 Å². The highest BCUT2D eigenvalue weighted by molar-refractivity contribution is 7.18. The molecule has 0 radical (unpaired) electrons. The summed E-state index contributed by atoms with van der Waals surface area (Å²) in [6.07, 6.45) is 5.22. The highest BCUT2D eigenvalue weighted by Gasteiger charge is 2.49. The van der Waals surface area contributed by atoms with E-state index in [4.69, 9.17) is 4.98 Å². The van der Waals surface area contributed by atoms with Gasteiger partial charge in [-0.3, -0.25) is 19.3 Å². The molecule has 1 aliphatic carbocycles. The zero-order chi connectivity index (χ0) is 23.1. The van der Waals surface area contributed by atoms with Crippen LogP contribution in [0.15, 0.2) is 24.3 Å². The van der Waals surface area contributed by atoms with Crippen LogP contribution in [0.3, 0.4) is 0 Å². The second-order valence-corrected chi connectivity index (χ2v) is 10.4. The number of fused-ring (bicyclic) bond motifs is 1. The lowest BCUT2D eigenvalue weighted by atomic mass is 9.85. The number of aromatic nitrogens is 1. The first kappa shape index (κ1) is 22.0. The predicted octanol–water partition coefficient (Wildman–Crippen LogP) is 3.37. The highest BCUT2D eigenvalue weighted by atomic mass is 32.1. The van der Waals surface area contributed by atoms with Crippen molar-refractivity contribution in [2.75, 3.05) is 19.6 Å². The summed E-state index contributed by atoms with van der Waals surface area (Å²) in [5.41, 5.74) is 1.00. The first-order chi connectivity index (χ1) is 15.9. The van der Waals surface area contributed by atoms with Gasteiger partial charge in [-0.2, -0.15) is 0 Å². The van der Waals surface area contributed by atoms with E-state index in [9.17, 15) is 19.2 Å². The number of imide groups is 2. The Kier molecular flexibility index (Phi) is 5.90. The molecule has 0 spiro atoms. The molecule has 8 nitrogen and oxygen atoms in total. The molecule has 2 atom stereocenters. The van der Waals surface area contributed by atoms with E-state index >= 15 is 0 Å². The van der Waals surface area contributed by atoms with E-state index in [1.54, 1.807) is 16.2 Å². The maximum absolute atomic E-state index is 12.9. The second kappa shape index (κ2) is 8.85. The molecule has 1 saturated carbocycles. The number of rotatable bonds is 4. The number of carbonyl (C=O) groups is 4. The quantitative estimate of drug-likeness (QED) is 0.507. The molecule has 2 aliphatic heterocycles. The Labute approximate surface area is 196 Å². The van der Waals surface area contributed by atoms with Gasteiger partial charge in [-0.15, -0.1) is 11.3 Å². The molecule has 174 valence electrons. The van der Waals surface area contributed by atoms with Crippen LogP contribution in [-0.2, 0) is 14.4 Å². The zero-order valence-electron chi connectivity index (χ0n) is 18.7. The van der Waals surface area contributed by atoms with Gasteiger partial charge < -0.3 is 4.90 Å². The molecule has 0 bridgehead atoms. The molecule has 3 fully saturated rings. The van der Waals surface area contributed by atoms with Gasteiger partial charge in [0.15, 0.2) is 0 Å². The van der Waals surface area contributed by atoms with E-state index in [2.05, 4.69) is 6.07 Å². The highest BCUT2D eigenvalue weighted by Crippen LogP contribution is 2.34. The summed E-state index contributed by atoms with van der Waals surface area (Å²) in [7, 11) is 0. The molecule has 2 saturated heterocycles. The third kappa shape index (κ3) is 4.03. The van der Waals surface area contributed by atoms with E-state index in [0.29, 0.717) is 25.4 Å². The van der Waals surface area contributed by atoms with E-state index in [1.807, 2.05) is 25.1 Å². The monoisotopic (exact) mass is 468 g/mol. The van der Waals surface area contributed by atoms with Crippen molar-refractivity contribution in [2.45, 2.75) is 57.4 Å². The Bertz CT molecular complexity index is 1070. The molecule has 3 heterocycles. The number of urea groups is 1. The summed E-state index contributed by atoms with van der Waals surface area (Å²) < 4.78 is 1.17. The van der Waals surface area contributed by atoms with Crippen LogP contribution in [0.2, 0.25) is 0 Å². The number of hydrogen-bond acceptors (Lipinski definition) is 6. The van der Waals surface area contributed by atoms with Crippen molar-refractivity contribution < 1.29 is 19.2 Å². The van der Waals surface area contributed by atoms with Crippen molar-refractivity contribution >= 4 is 45.3 Å². The number of hydrogen-bond donors (Lipinski definition) is 0. The summed E-state index contributed by atoms with van der Waals surface area (Å²) in [6, 6.07) is 7.17. The number of carbonyl (C=O) groups excluding carboxylic acids is 4. The number of piperidine rings is 1. The minimum absolute atomic E-state index is 0.164. The molecule has 1 aromatic heterocycles. The van der Waals surface area contributed by atoms with E-state index in [0.717, 1.165) is 52.4 Å². The summed E-state index contributed by atoms with van der Waals surface area (Å²) in [6.45, 7) is 2.74. The average Bonchev–Trinajstić information content (AvgIpc) is 3.35. The fourth-order valence-electron chi connectivity index (χ4n) is 5.31. The maximum atomic E-state index is 12.9. The Morgan fingerprint density at radius 3 is 2.48 bits per heavy atom. The van der Waals surface area contributed by atoms with E-state index in [-0.39, 0.29) is 24.4 Å². The molecule has 5 rings (SSSR count). The third-order valence-corrected chi connectivity index (χ3v) is 8.48. The van der Waals surface area contributed by atoms with Gasteiger partial charge in [-0.25, -0.2) is 14.7 Å². The largest absolute Gasteiger partial charge is 0.341 e. The molecular weight excluding hydrogens is 440 g/mol. The minimum Gasteiger partial charge on any atom is -0.341 e.